The van der Waals surface area contributed by atoms with Gasteiger partial charge in [0, 0.05) is 5.69 Å². The third-order valence-corrected chi connectivity index (χ3v) is 2.85. The van der Waals surface area contributed by atoms with Crippen LogP contribution < -0.4 is 11.1 Å². The molecule has 0 aliphatic rings. The first-order valence-corrected chi connectivity index (χ1v) is 6.06. The molecule has 3 aromatic rings. The second-order valence-electron chi connectivity index (χ2n) is 4.26. The lowest BCUT2D eigenvalue weighted by molar-refractivity contribution is 1.29. The Hall–Kier alpha value is -3.13. The normalized spacial score (nSPS) is 10.2. The predicted molar refractivity (Wildman–Crippen MR) is 78.4 cm³/mol. The molecule has 0 atom stereocenters. The van der Waals surface area contributed by atoms with Gasteiger partial charge in [-0.15, -0.1) is 0 Å². The Labute approximate surface area is 115 Å². The number of nitrogen functional groups attached to an aromatic ring is 1. The second kappa shape index (κ2) is 4.86. The van der Waals surface area contributed by atoms with Gasteiger partial charge in [0.2, 0.25) is 0 Å². The smallest absolute Gasteiger partial charge is 0.174 e. The van der Waals surface area contributed by atoms with Crippen molar-refractivity contribution in [2.75, 3.05) is 11.1 Å². The molecule has 0 spiro atoms. The number of nitrogens with one attached hydrogen (secondary N) is 1. The number of hydrogen-bond donors (Lipinski definition) is 2. The molecule has 2 aromatic carbocycles. The molecular formula is C15H11N5. The van der Waals surface area contributed by atoms with E-state index in [-0.39, 0.29) is 0 Å². The average molecular weight is 261 g/mol. The summed E-state index contributed by atoms with van der Waals surface area (Å²) in [6.07, 6.45) is 0. The fraction of sp³-hybridized carbons (Fsp3) is 0. The highest BCUT2D eigenvalue weighted by Gasteiger charge is 2.06. The zero-order valence-corrected chi connectivity index (χ0v) is 10.5. The summed E-state index contributed by atoms with van der Waals surface area (Å²) < 4.78 is 0. The Kier molecular flexibility index (Phi) is 2.90. The Morgan fingerprint density at radius 1 is 1.00 bits per heavy atom. The molecule has 20 heavy (non-hydrogen) atoms. The van der Waals surface area contributed by atoms with Crippen LogP contribution in [0.3, 0.4) is 0 Å². The Balaban J connectivity index is 2.01. The van der Waals surface area contributed by atoms with Gasteiger partial charge in [0.25, 0.3) is 0 Å². The third-order valence-electron chi connectivity index (χ3n) is 2.85. The van der Waals surface area contributed by atoms with Gasteiger partial charge in [0.15, 0.2) is 11.6 Å². The van der Waals surface area contributed by atoms with E-state index in [1.54, 1.807) is 18.2 Å². The Morgan fingerprint density at radius 2 is 1.75 bits per heavy atom. The summed E-state index contributed by atoms with van der Waals surface area (Å²) in [5.74, 6) is 0.810. The van der Waals surface area contributed by atoms with Gasteiger partial charge in [-0.2, -0.15) is 5.26 Å². The average Bonchev–Trinajstić information content (AvgIpc) is 2.48. The molecule has 3 rings (SSSR count). The highest BCUT2D eigenvalue weighted by Crippen LogP contribution is 2.22. The lowest BCUT2D eigenvalue weighted by Gasteiger charge is -2.09. The number of nitrogens with zero attached hydrogens (tertiary/aromatic N) is 3. The summed E-state index contributed by atoms with van der Waals surface area (Å²) in [6.45, 7) is 0. The largest absolute Gasteiger partial charge is 0.381 e. The molecule has 0 aliphatic heterocycles. The highest BCUT2D eigenvalue weighted by atomic mass is 15.1. The molecule has 0 bridgehead atoms. The van der Waals surface area contributed by atoms with E-state index >= 15 is 0 Å². The monoisotopic (exact) mass is 261 g/mol. The van der Waals surface area contributed by atoms with Crippen molar-refractivity contribution in [1.82, 2.24) is 9.97 Å². The number of hydrogen-bond acceptors (Lipinski definition) is 5. The number of fused-ring (bicyclic) bond motifs is 1. The molecule has 0 saturated carbocycles. The van der Waals surface area contributed by atoms with E-state index < -0.39 is 0 Å². The first-order chi connectivity index (χ1) is 9.76. The molecule has 3 N–H and O–H groups in total. The molecule has 0 aliphatic carbocycles. The van der Waals surface area contributed by atoms with Gasteiger partial charge in [-0.1, -0.05) is 18.2 Å². The van der Waals surface area contributed by atoms with E-state index in [9.17, 15) is 0 Å². The van der Waals surface area contributed by atoms with Crippen molar-refractivity contribution in [2.45, 2.75) is 0 Å². The van der Waals surface area contributed by atoms with Gasteiger partial charge in [-0.05, 0) is 30.3 Å². The van der Waals surface area contributed by atoms with Crippen LogP contribution in [0.4, 0.5) is 17.3 Å². The first kappa shape index (κ1) is 11.9. The summed E-state index contributed by atoms with van der Waals surface area (Å²) in [6, 6.07) is 16.7. The zero-order valence-electron chi connectivity index (χ0n) is 10.5. The lowest BCUT2D eigenvalue weighted by Crippen LogP contribution is -2.02. The van der Waals surface area contributed by atoms with Crippen molar-refractivity contribution < 1.29 is 0 Å². The van der Waals surface area contributed by atoms with Crippen molar-refractivity contribution in [2.24, 2.45) is 0 Å². The standard InChI is InChI=1S/C15H11N5/c16-9-10-4-3-5-11(8-10)18-15-14(17)19-12-6-1-2-7-13(12)20-15/h1-8H,(H2,17,19)(H,18,20). The fourth-order valence-corrected chi connectivity index (χ4v) is 1.91. The van der Waals surface area contributed by atoms with Crippen LogP contribution in [0.1, 0.15) is 5.56 Å². The van der Waals surface area contributed by atoms with Crippen LogP contribution in [-0.2, 0) is 0 Å². The number of rotatable bonds is 2. The minimum atomic E-state index is 0.325. The molecule has 5 heteroatoms. The van der Waals surface area contributed by atoms with Gasteiger partial charge < -0.3 is 11.1 Å². The fourth-order valence-electron chi connectivity index (χ4n) is 1.91. The molecule has 1 aromatic heterocycles. The third kappa shape index (κ3) is 2.22. The van der Waals surface area contributed by atoms with Crippen LogP contribution in [0.15, 0.2) is 48.5 Å². The Morgan fingerprint density at radius 3 is 2.50 bits per heavy atom. The summed E-state index contributed by atoms with van der Waals surface area (Å²) in [5.41, 5.74) is 8.74. The molecule has 96 valence electrons. The van der Waals surface area contributed by atoms with Crippen molar-refractivity contribution in [1.29, 1.82) is 5.26 Å². The SMILES string of the molecule is N#Cc1cccc(Nc2nc3ccccc3nc2N)c1. The number of anilines is 3. The summed E-state index contributed by atoms with van der Waals surface area (Å²) in [4.78, 5) is 8.75. The van der Waals surface area contributed by atoms with E-state index in [1.165, 1.54) is 0 Å². The summed E-state index contributed by atoms with van der Waals surface area (Å²) in [7, 11) is 0. The van der Waals surface area contributed by atoms with Crippen LogP contribution in [0.25, 0.3) is 11.0 Å². The number of nitrogens with two attached hydrogens (primary N) is 1. The summed E-state index contributed by atoms with van der Waals surface area (Å²) >= 11 is 0. The zero-order chi connectivity index (χ0) is 13.9. The quantitative estimate of drug-likeness (QED) is 0.740. The molecule has 0 unspecified atom stereocenters. The topological polar surface area (TPSA) is 87.6 Å². The minimum absolute atomic E-state index is 0.325. The second-order valence-corrected chi connectivity index (χ2v) is 4.26. The first-order valence-electron chi connectivity index (χ1n) is 6.06. The highest BCUT2D eigenvalue weighted by molar-refractivity contribution is 5.80. The molecule has 0 radical (unpaired) electrons. The molecule has 0 saturated heterocycles. The van der Waals surface area contributed by atoms with Gasteiger partial charge in [0.05, 0.1) is 22.7 Å². The van der Waals surface area contributed by atoms with Crippen molar-refractivity contribution in [3.8, 4) is 6.07 Å². The van der Waals surface area contributed by atoms with Crippen molar-refractivity contribution in [3.05, 3.63) is 54.1 Å². The minimum Gasteiger partial charge on any atom is -0.381 e. The van der Waals surface area contributed by atoms with Gasteiger partial charge in [-0.3, -0.25) is 0 Å². The van der Waals surface area contributed by atoms with E-state index in [1.807, 2.05) is 30.3 Å². The van der Waals surface area contributed by atoms with E-state index in [2.05, 4.69) is 21.4 Å². The molecule has 1 heterocycles. The maximum Gasteiger partial charge on any atom is 0.174 e. The van der Waals surface area contributed by atoms with Crippen LogP contribution in [0.5, 0.6) is 0 Å². The van der Waals surface area contributed by atoms with E-state index in [4.69, 9.17) is 11.0 Å². The van der Waals surface area contributed by atoms with Crippen LogP contribution in [0, 0.1) is 11.3 Å². The number of benzene rings is 2. The van der Waals surface area contributed by atoms with Crippen molar-refractivity contribution >= 4 is 28.4 Å². The van der Waals surface area contributed by atoms with E-state index in [0.29, 0.717) is 17.2 Å². The van der Waals surface area contributed by atoms with Crippen molar-refractivity contribution in [3.63, 3.8) is 0 Å². The van der Waals surface area contributed by atoms with Gasteiger partial charge >= 0.3 is 0 Å². The lowest BCUT2D eigenvalue weighted by atomic mass is 10.2. The van der Waals surface area contributed by atoms with Crippen LogP contribution >= 0.6 is 0 Å². The van der Waals surface area contributed by atoms with Crippen LogP contribution in [-0.4, -0.2) is 9.97 Å². The summed E-state index contributed by atoms with van der Waals surface area (Å²) in [5, 5.41) is 12.0. The molecule has 0 amide bonds. The maximum absolute atomic E-state index is 8.89. The molecular weight excluding hydrogens is 250 g/mol. The predicted octanol–water partition coefficient (Wildman–Crippen LogP) is 2.83. The number of nitriles is 1. The number of aromatic nitrogens is 2. The van der Waals surface area contributed by atoms with Gasteiger partial charge in [0.1, 0.15) is 0 Å². The molecule has 5 nitrogen and oxygen atoms in total. The van der Waals surface area contributed by atoms with E-state index in [0.717, 1.165) is 16.7 Å². The maximum atomic E-state index is 8.89. The van der Waals surface area contributed by atoms with Gasteiger partial charge in [-0.25, -0.2) is 9.97 Å². The molecule has 0 fully saturated rings. The Bertz CT molecular complexity index is 820. The number of para-hydroxylation sites is 2. The van der Waals surface area contributed by atoms with Crippen LogP contribution in [0.2, 0.25) is 0 Å².